The molecule has 270 valence electrons. The largest absolute Gasteiger partial charge is 0.467 e. The van der Waals surface area contributed by atoms with Crippen LogP contribution < -0.4 is 20.7 Å². The Hall–Kier alpha value is -3.34. The van der Waals surface area contributed by atoms with Gasteiger partial charge in [0.1, 0.15) is 5.82 Å². The predicted octanol–water partition coefficient (Wildman–Crippen LogP) is 6.90. The van der Waals surface area contributed by atoms with Crippen molar-refractivity contribution in [2.75, 3.05) is 44.4 Å². The zero-order valence-corrected chi connectivity index (χ0v) is 29.5. The SMILES string of the molecule is CNC(=O)c1nn2c(c1Cl)CN(c1nc(OC)nc3c1CSC(c1cc(N)cc(Cl)c1C(F)(F)F)C3)CCC2.FC(F)=C1CC2CCCN2C1. The van der Waals surface area contributed by atoms with E-state index in [9.17, 15) is 26.7 Å². The number of aryl methyl sites for hydroxylation is 1. The van der Waals surface area contributed by atoms with Gasteiger partial charge in [0, 0.05) is 67.0 Å². The van der Waals surface area contributed by atoms with Gasteiger partial charge in [-0.3, -0.25) is 14.4 Å². The maximum Gasteiger partial charge on any atom is 0.418 e. The number of halogens is 7. The number of hydrogen-bond donors (Lipinski definition) is 2. The van der Waals surface area contributed by atoms with Crippen LogP contribution in [0.1, 0.15) is 69.5 Å². The van der Waals surface area contributed by atoms with E-state index in [0.29, 0.717) is 73.6 Å². The van der Waals surface area contributed by atoms with E-state index in [-0.39, 0.29) is 40.3 Å². The molecule has 3 aromatic rings. The van der Waals surface area contributed by atoms with Crippen LogP contribution in [0.25, 0.3) is 0 Å². The zero-order valence-electron chi connectivity index (χ0n) is 27.2. The van der Waals surface area contributed by atoms with Crippen molar-refractivity contribution in [1.82, 2.24) is 30.0 Å². The lowest BCUT2D eigenvalue weighted by Gasteiger charge is -2.31. The molecule has 2 aromatic heterocycles. The maximum absolute atomic E-state index is 14.0. The molecule has 4 aliphatic rings. The number of alkyl halides is 3. The van der Waals surface area contributed by atoms with Gasteiger partial charge in [-0.2, -0.15) is 37.0 Å². The first kappa shape index (κ1) is 36.5. The number of fused-ring (bicyclic) bond motifs is 3. The number of anilines is 2. The molecule has 0 saturated carbocycles. The number of aromatic nitrogens is 4. The number of ether oxygens (including phenoxy) is 1. The molecule has 2 saturated heterocycles. The number of carbonyl (C=O) groups excluding carboxylic acids is 1. The minimum absolute atomic E-state index is 0.0227. The number of nitrogens with one attached hydrogen (secondary N) is 1. The van der Waals surface area contributed by atoms with Crippen molar-refractivity contribution in [3.63, 3.8) is 0 Å². The van der Waals surface area contributed by atoms with Gasteiger partial charge in [-0.05, 0) is 49.9 Å². The van der Waals surface area contributed by atoms with Gasteiger partial charge in [0.15, 0.2) is 5.69 Å². The van der Waals surface area contributed by atoms with Crippen molar-refractivity contribution < 1.29 is 31.5 Å². The maximum atomic E-state index is 14.0. The number of amides is 1. The number of nitrogens with two attached hydrogens (primary N) is 1. The van der Waals surface area contributed by atoms with Gasteiger partial charge < -0.3 is 20.7 Å². The highest BCUT2D eigenvalue weighted by Crippen LogP contribution is 2.49. The zero-order chi connectivity index (χ0) is 35.9. The average molecular weight is 762 g/mol. The molecule has 0 bridgehead atoms. The van der Waals surface area contributed by atoms with E-state index in [2.05, 4.69) is 25.3 Å². The number of benzene rings is 1. The van der Waals surface area contributed by atoms with Crippen LogP contribution >= 0.6 is 35.0 Å². The van der Waals surface area contributed by atoms with Crippen LogP contribution in [0.5, 0.6) is 6.01 Å². The number of nitrogen functional groups attached to an aromatic ring is 1. The highest BCUT2D eigenvalue weighted by atomic mass is 35.5. The second-order valence-electron chi connectivity index (χ2n) is 12.4. The number of thioether (sulfide) groups is 1. The van der Waals surface area contributed by atoms with E-state index in [4.69, 9.17) is 33.7 Å². The van der Waals surface area contributed by atoms with Crippen LogP contribution in [0.15, 0.2) is 23.8 Å². The van der Waals surface area contributed by atoms with Crippen molar-refractivity contribution >= 4 is 52.4 Å². The lowest BCUT2D eigenvalue weighted by atomic mass is 9.98. The summed E-state index contributed by atoms with van der Waals surface area (Å²) < 4.78 is 73.2. The Morgan fingerprint density at radius 3 is 2.56 bits per heavy atom. The van der Waals surface area contributed by atoms with Crippen molar-refractivity contribution in [2.45, 2.75) is 68.4 Å². The van der Waals surface area contributed by atoms with E-state index in [1.54, 1.807) is 4.68 Å². The molecular formula is C32H35Cl2F5N8O2S. The molecule has 7 rings (SSSR count). The molecule has 6 heterocycles. The number of nitrogens with zero attached hydrogens (tertiary/aromatic N) is 6. The minimum Gasteiger partial charge on any atom is -0.467 e. The molecule has 0 radical (unpaired) electrons. The van der Waals surface area contributed by atoms with Crippen molar-refractivity contribution in [3.05, 3.63) is 67.6 Å². The second kappa shape index (κ2) is 14.7. The van der Waals surface area contributed by atoms with Crippen LogP contribution in [0.4, 0.5) is 33.5 Å². The van der Waals surface area contributed by atoms with Crippen LogP contribution in [-0.2, 0) is 31.4 Å². The van der Waals surface area contributed by atoms with Gasteiger partial charge >= 0.3 is 12.2 Å². The Kier molecular flexibility index (Phi) is 10.7. The number of rotatable bonds is 4. The Bertz CT molecular complexity index is 1810. The molecule has 1 amide bonds. The van der Waals surface area contributed by atoms with Crippen molar-refractivity contribution in [1.29, 1.82) is 0 Å². The first-order chi connectivity index (χ1) is 23.8. The van der Waals surface area contributed by atoms with Crippen LogP contribution in [0.2, 0.25) is 10.0 Å². The number of carbonyl (C=O) groups is 1. The summed E-state index contributed by atoms with van der Waals surface area (Å²) in [6, 6.07) is 2.99. The highest BCUT2D eigenvalue weighted by molar-refractivity contribution is 7.98. The Labute approximate surface area is 299 Å². The molecule has 2 fully saturated rings. The molecule has 4 aliphatic heterocycles. The van der Waals surface area contributed by atoms with Gasteiger partial charge in [-0.25, -0.2) is 0 Å². The molecular weight excluding hydrogens is 726 g/mol. The van der Waals surface area contributed by atoms with Gasteiger partial charge in [0.2, 0.25) is 0 Å². The van der Waals surface area contributed by atoms with Crippen molar-refractivity contribution in [2.24, 2.45) is 0 Å². The molecule has 1 aromatic carbocycles. The number of methoxy groups -OCH3 is 1. The molecule has 0 aliphatic carbocycles. The summed E-state index contributed by atoms with van der Waals surface area (Å²) in [4.78, 5) is 25.5. The van der Waals surface area contributed by atoms with Crippen LogP contribution in [0.3, 0.4) is 0 Å². The molecule has 18 heteroatoms. The fraction of sp³-hybridized carbons (Fsp3) is 0.500. The second-order valence-corrected chi connectivity index (χ2v) is 14.4. The average Bonchev–Trinajstić information content (AvgIpc) is 3.72. The quantitative estimate of drug-likeness (QED) is 0.217. The number of hydrogen-bond acceptors (Lipinski definition) is 9. The smallest absolute Gasteiger partial charge is 0.418 e. The lowest BCUT2D eigenvalue weighted by molar-refractivity contribution is -0.138. The first-order valence-electron chi connectivity index (χ1n) is 16.0. The summed E-state index contributed by atoms with van der Waals surface area (Å²) in [6.45, 7) is 3.03. The van der Waals surface area contributed by atoms with Gasteiger partial charge in [-0.1, -0.05) is 23.2 Å². The molecule has 0 spiro atoms. The standard InChI is InChI=1S/C24H24Cl2F3N7O2S.C8H11F2N/c1-31-22(37)20-19(26)16-9-35(4-3-5-36(16)34-20)21-13-10-39-17(8-15(13)32-23(33-21)38-2)12-6-11(30)7-14(25)18(12)24(27,28)29;9-8(10)6-4-7-2-1-3-11(7)5-6/h6-7,17H,3-5,8-10,30H2,1-2H3,(H,31,37);7H,1-5H2. The third kappa shape index (κ3) is 7.34. The summed E-state index contributed by atoms with van der Waals surface area (Å²) in [5.41, 5.74) is 7.75. The third-order valence-electron chi connectivity index (χ3n) is 9.33. The lowest BCUT2D eigenvalue weighted by Crippen LogP contribution is -2.27. The summed E-state index contributed by atoms with van der Waals surface area (Å²) in [7, 11) is 2.94. The summed E-state index contributed by atoms with van der Waals surface area (Å²) in [6.07, 6.45) is -2.28. The highest BCUT2D eigenvalue weighted by Gasteiger charge is 2.40. The van der Waals surface area contributed by atoms with E-state index >= 15 is 0 Å². The summed E-state index contributed by atoms with van der Waals surface area (Å²) in [5, 5.41) is 6.18. The fourth-order valence-electron chi connectivity index (χ4n) is 6.98. The molecule has 2 atom stereocenters. The van der Waals surface area contributed by atoms with Crippen LogP contribution in [-0.4, -0.2) is 70.4 Å². The first-order valence-corrected chi connectivity index (χ1v) is 17.8. The summed E-state index contributed by atoms with van der Waals surface area (Å²) in [5.74, 6) is 0.586. The van der Waals surface area contributed by atoms with Gasteiger partial charge in [0.25, 0.3) is 12.0 Å². The predicted molar refractivity (Wildman–Crippen MR) is 182 cm³/mol. The topological polar surface area (TPSA) is 114 Å². The normalized spacial score (nSPS) is 20.3. The van der Waals surface area contributed by atoms with E-state index in [0.717, 1.165) is 24.6 Å². The molecule has 50 heavy (non-hydrogen) atoms. The Morgan fingerprint density at radius 1 is 1.10 bits per heavy atom. The van der Waals surface area contributed by atoms with E-state index in [1.807, 2.05) is 4.90 Å². The molecule has 10 nitrogen and oxygen atoms in total. The Balaban J connectivity index is 0.000000331. The van der Waals surface area contributed by atoms with Crippen LogP contribution in [0, 0.1) is 0 Å². The van der Waals surface area contributed by atoms with E-state index < -0.39 is 28.1 Å². The van der Waals surface area contributed by atoms with Gasteiger partial charge in [0.05, 0.1) is 40.7 Å². The van der Waals surface area contributed by atoms with Crippen molar-refractivity contribution in [3.8, 4) is 6.01 Å². The fourth-order valence-corrected chi connectivity index (χ4v) is 8.91. The van der Waals surface area contributed by atoms with E-state index in [1.165, 1.54) is 38.4 Å². The molecule has 2 unspecified atom stereocenters. The minimum atomic E-state index is -4.64. The molecule has 3 N–H and O–H groups in total. The van der Waals surface area contributed by atoms with Gasteiger partial charge in [-0.15, -0.1) is 11.8 Å². The Morgan fingerprint density at radius 2 is 1.88 bits per heavy atom. The monoisotopic (exact) mass is 760 g/mol. The summed E-state index contributed by atoms with van der Waals surface area (Å²) >= 11 is 13.9. The third-order valence-corrected chi connectivity index (χ3v) is 11.3.